The number of alkyl halides is 1. The molecule has 0 aromatic heterocycles. The topological polar surface area (TPSA) is 64.7 Å². The number of nitriles is 2. The molecule has 2 atom stereocenters. The molecule has 0 aromatic carbocycles. The molecule has 1 aliphatic carbocycles. The van der Waals surface area contributed by atoms with Gasteiger partial charge in [-0.2, -0.15) is 10.5 Å². The van der Waals surface area contributed by atoms with Gasteiger partial charge in [-0.1, -0.05) is 0 Å². The highest BCUT2D eigenvalue weighted by Crippen LogP contribution is 2.50. The molecule has 0 aromatic rings. The van der Waals surface area contributed by atoms with Crippen LogP contribution < -0.4 is 0 Å². The van der Waals surface area contributed by atoms with Gasteiger partial charge in [-0.05, 0) is 13.3 Å². The van der Waals surface area contributed by atoms with Crippen LogP contribution in [0.15, 0.2) is 0 Å². The first-order valence-electron chi connectivity index (χ1n) is 3.54. The fourth-order valence-electron chi connectivity index (χ4n) is 1.04. The fraction of sp³-hybridized carbons (Fsp3) is 0.625. The minimum absolute atomic E-state index is 0.145. The number of halogens is 1. The van der Waals surface area contributed by atoms with E-state index in [4.69, 9.17) is 10.5 Å². The Morgan fingerprint density at radius 2 is 2.08 bits per heavy atom. The predicted octanol–water partition coefficient (Wildman–Crippen LogP) is 0.967. The van der Waals surface area contributed by atoms with Crippen molar-refractivity contribution in [2.75, 3.05) is 0 Å². The Hall–Kier alpha value is -1.42. The van der Waals surface area contributed by atoms with E-state index in [2.05, 4.69) is 0 Å². The molecule has 2 unspecified atom stereocenters. The maximum absolute atomic E-state index is 12.6. The minimum Gasteiger partial charge on any atom is -0.296 e. The summed E-state index contributed by atoms with van der Waals surface area (Å²) in [6, 6.07) is 3.08. The van der Waals surface area contributed by atoms with E-state index < -0.39 is 23.3 Å². The average Bonchev–Trinajstić information content (AvgIpc) is 2.64. The Balaban J connectivity index is 2.75. The van der Waals surface area contributed by atoms with Gasteiger partial charge in [-0.3, -0.25) is 4.79 Å². The molecule has 0 spiro atoms. The van der Waals surface area contributed by atoms with Crippen LogP contribution in [0, 0.1) is 34.0 Å². The summed E-state index contributed by atoms with van der Waals surface area (Å²) in [4.78, 5) is 11.2. The minimum atomic E-state index is -1.31. The maximum atomic E-state index is 12.6. The smallest absolute Gasteiger partial charge is 0.191 e. The van der Waals surface area contributed by atoms with Crippen LogP contribution in [0.3, 0.4) is 0 Å². The third kappa shape index (κ3) is 1.06. The molecule has 0 saturated heterocycles. The molecule has 1 rings (SSSR count). The molecule has 0 bridgehead atoms. The van der Waals surface area contributed by atoms with Gasteiger partial charge in [0.05, 0.1) is 17.6 Å². The summed E-state index contributed by atoms with van der Waals surface area (Å²) in [7, 11) is 0. The van der Waals surface area contributed by atoms with Crippen molar-refractivity contribution in [1.82, 2.24) is 0 Å². The number of hydrogen-bond acceptors (Lipinski definition) is 3. The Morgan fingerprint density at radius 1 is 1.67 bits per heavy atom. The van der Waals surface area contributed by atoms with Gasteiger partial charge in [0.2, 0.25) is 0 Å². The Morgan fingerprint density at radius 3 is 2.33 bits per heavy atom. The van der Waals surface area contributed by atoms with E-state index in [1.54, 1.807) is 12.1 Å². The summed E-state index contributed by atoms with van der Waals surface area (Å²) in [6.45, 7) is 1.45. The molecule has 0 amide bonds. The van der Waals surface area contributed by atoms with Crippen LogP contribution in [0.2, 0.25) is 0 Å². The molecular weight excluding hydrogens is 159 g/mol. The lowest BCUT2D eigenvalue weighted by molar-refractivity contribution is -0.125. The van der Waals surface area contributed by atoms with E-state index in [1.165, 1.54) is 6.92 Å². The van der Waals surface area contributed by atoms with Gasteiger partial charge in [0.25, 0.3) is 0 Å². The van der Waals surface area contributed by atoms with Gasteiger partial charge < -0.3 is 0 Å². The number of carbonyl (C=O) groups is 1. The normalized spacial score (nSPS) is 32.2. The predicted molar refractivity (Wildman–Crippen MR) is 37.3 cm³/mol. The maximum Gasteiger partial charge on any atom is 0.191 e. The molecule has 0 radical (unpaired) electrons. The molecular formula is C8H7FN2O. The summed E-state index contributed by atoms with van der Waals surface area (Å²) < 4.78 is 12.6. The molecule has 1 fully saturated rings. The second-order valence-electron chi connectivity index (χ2n) is 3.14. The zero-order chi connectivity index (χ0) is 9.35. The van der Waals surface area contributed by atoms with Crippen molar-refractivity contribution in [1.29, 1.82) is 10.5 Å². The van der Waals surface area contributed by atoms with Crippen LogP contribution in [-0.2, 0) is 4.79 Å². The summed E-state index contributed by atoms with van der Waals surface area (Å²) in [6.07, 6.45) is -1.03. The highest BCUT2D eigenvalue weighted by molar-refractivity contribution is 5.93. The zero-order valence-corrected chi connectivity index (χ0v) is 6.54. The summed E-state index contributed by atoms with van der Waals surface area (Å²) in [5.41, 5.74) is -1.06. The van der Waals surface area contributed by atoms with Crippen molar-refractivity contribution < 1.29 is 9.18 Å². The molecule has 1 aliphatic rings. The first-order valence-corrected chi connectivity index (χ1v) is 3.54. The average molecular weight is 166 g/mol. The molecule has 0 N–H and O–H groups in total. The van der Waals surface area contributed by atoms with Gasteiger partial charge in [-0.25, -0.2) is 4.39 Å². The highest BCUT2D eigenvalue weighted by atomic mass is 19.1. The van der Waals surface area contributed by atoms with Crippen LogP contribution in [0.4, 0.5) is 4.39 Å². The lowest BCUT2D eigenvalue weighted by Gasteiger charge is -2.05. The SMILES string of the molecule is CC1(C(=O)C(C#N)C#N)CC1F. The number of ketones is 1. The molecule has 0 heterocycles. The van der Waals surface area contributed by atoms with Gasteiger partial charge in [-0.15, -0.1) is 0 Å². The molecule has 12 heavy (non-hydrogen) atoms. The van der Waals surface area contributed by atoms with Gasteiger partial charge in [0.1, 0.15) is 6.17 Å². The van der Waals surface area contributed by atoms with E-state index in [1.807, 2.05) is 0 Å². The van der Waals surface area contributed by atoms with Crippen LogP contribution in [0.1, 0.15) is 13.3 Å². The van der Waals surface area contributed by atoms with Gasteiger partial charge >= 0.3 is 0 Å². The summed E-state index contributed by atoms with van der Waals surface area (Å²) in [5, 5.41) is 16.7. The van der Waals surface area contributed by atoms with Crippen molar-refractivity contribution in [3.8, 4) is 12.1 Å². The van der Waals surface area contributed by atoms with Crippen LogP contribution >= 0.6 is 0 Å². The van der Waals surface area contributed by atoms with Crippen molar-refractivity contribution in [2.45, 2.75) is 19.5 Å². The third-order valence-electron chi connectivity index (χ3n) is 2.22. The summed E-state index contributed by atoms with van der Waals surface area (Å²) >= 11 is 0. The van der Waals surface area contributed by atoms with Crippen LogP contribution in [0.25, 0.3) is 0 Å². The van der Waals surface area contributed by atoms with Crippen molar-refractivity contribution in [3.63, 3.8) is 0 Å². The Kier molecular flexibility index (Phi) is 1.85. The van der Waals surface area contributed by atoms with E-state index in [9.17, 15) is 9.18 Å². The van der Waals surface area contributed by atoms with Crippen LogP contribution in [-0.4, -0.2) is 12.0 Å². The van der Waals surface area contributed by atoms with Crippen molar-refractivity contribution >= 4 is 5.78 Å². The second-order valence-corrected chi connectivity index (χ2v) is 3.14. The molecule has 4 heteroatoms. The van der Waals surface area contributed by atoms with Crippen molar-refractivity contribution in [2.24, 2.45) is 11.3 Å². The second kappa shape index (κ2) is 2.57. The van der Waals surface area contributed by atoms with E-state index in [0.29, 0.717) is 0 Å². The molecule has 3 nitrogen and oxygen atoms in total. The van der Waals surface area contributed by atoms with Gasteiger partial charge in [0, 0.05) is 0 Å². The largest absolute Gasteiger partial charge is 0.296 e. The highest BCUT2D eigenvalue weighted by Gasteiger charge is 2.58. The van der Waals surface area contributed by atoms with Gasteiger partial charge in [0.15, 0.2) is 11.7 Å². The number of Topliss-reactive ketones (excluding diaryl/α,β-unsaturated/α-hetero) is 1. The fourth-order valence-corrected chi connectivity index (χ4v) is 1.04. The molecule has 0 aliphatic heterocycles. The lowest BCUT2D eigenvalue weighted by Crippen LogP contribution is -2.22. The quantitative estimate of drug-likeness (QED) is 0.613. The standard InChI is InChI=1S/C8H7FN2O/c1-8(2-6(8)9)7(12)5(3-10)4-11/h5-6H,2H2,1H3. The number of hydrogen-bond donors (Lipinski definition) is 0. The monoisotopic (exact) mass is 166 g/mol. The van der Waals surface area contributed by atoms with E-state index in [0.717, 1.165) is 0 Å². The first-order chi connectivity index (χ1) is 5.56. The number of nitrogens with zero attached hydrogens (tertiary/aromatic N) is 2. The molecule has 62 valence electrons. The summed E-state index contributed by atoms with van der Waals surface area (Å²) in [5.74, 6) is -1.89. The lowest BCUT2D eigenvalue weighted by atomic mass is 9.93. The zero-order valence-electron chi connectivity index (χ0n) is 6.54. The van der Waals surface area contributed by atoms with E-state index in [-0.39, 0.29) is 6.42 Å². The third-order valence-corrected chi connectivity index (χ3v) is 2.22. The number of rotatable bonds is 2. The Labute approximate surface area is 69.4 Å². The van der Waals surface area contributed by atoms with E-state index >= 15 is 0 Å². The van der Waals surface area contributed by atoms with Crippen LogP contribution in [0.5, 0.6) is 0 Å². The molecule has 1 saturated carbocycles. The Bertz CT molecular complexity index is 287. The number of carbonyl (C=O) groups excluding carboxylic acids is 1. The first kappa shape index (κ1) is 8.67. The van der Waals surface area contributed by atoms with Crippen molar-refractivity contribution in [3.05, 3.63) is 0 Å².